The number of hydrogen-bond donors (Lipinski definition) is 0. The summed E-state index contributed by atoms with van der Waals surface area (Å²) < 4.78 is 16.8. The molecule has 0 saturated heterocycles. The molecule has 1 unspecified atom stereocenters. The van der Waals surface area contributed by atoms with Crippen LogP contribution in [0.4, 0.5) is 0 Å². The Hall–Kier alpha value is -3.41. The maximum atomic E-state index is 12.8. The van der Waals surface area contributed by atoms with Crippen molar-refractivity contribution in [1.29, 1.82) is 0 Å². The van der Waals surface area contributed by atoms with Crippen LogP contribution in [-0.2, 0) is 28.6 Å². The minimum atomic E-state index is -0.803. The van der Waals surface area contributed by atoms with Crippen LogP contribution in [0.5, 0.6) is 0 Å². The normalized spacial score (nSPS) is 12.7. The van der Waals surface area contributed by atoms with Crippen molar-refractivity contribution in [3.63, 3.8) is 0 Å². The molecule has 0 heterocycles. The van der Waals surface area contributed by atoms with Crippen molar-refractivity contribution in [2.24, 2.45) is 0 Å². The lowest BCUT2D eigenvalue weighted by atomic mass is 10.0. The van der Waals surface area contributed by atoms with E-state index in [0.717, 1.165) is 89.9 Å². The van der Waals surface area contributed by atoms with Crippen LogP contribution in [0, 0.1) is 0 Å². The van der Waals surface area contributed by atoms with Crippen LogP contribution in [-0.4, -0.2) is 37.2 Å². The summed E-state index contributed by atoms with van der Waals surface area (Å²) in [4.78, 5) is 38.2. The second-order valence-corrected chi connectivity index (χ2v) is 19.9. The lowest BCUT2D eigenvalue weighted by Gasteiger charge is -2.18. The van der Waals surface area contributed by atoms with E-state index in [1.54, 1.807) is 0 Å². The van der Waals surface area contributed by atoms with Gasteiger partial charge in [0.05, 0.1) is 0 Å². The average Bonchev–Trinajstić information content (AvgIpc) is 3.37. The molecular weight excluding hydrogens is 877 g/mol. The molecule has 6 heteroatoms. The first-order chi connectivity index (χ1) is 35.0. The first-order valence-corrected chi connectivity index (χ1v) is 30.1. The van der Waals surface area contributed by atoms with Crippen molar-refractivity contribution in [3.8, 4) is 0 Å². The number of rotatable bonds is 54. The monoisotopic (exact) mass is 989 g/mol. The fourth-order valence-electron chi connectivity index (χ4n) is 8.34. The van der Waals surface area contributed by atoms with E-state index in [-0.39, 0.29) is 37.5 Å². The molecule has 0 amide bonds. The molecule has 0 aromatic heterocycles. The Kier molecular flexibility index (Phi) is 56.3. The van der Waals surface area contributed by atoms with E-state index >= 15 is 0 Å². The number of unbranched alkanes of at least 4 members (excludes halogenated alkanes) is 29. The highest BCUT2D eigenvalue weighted by Crippen LogP contribution is 2.15. The number of esters is 3. The fourth-order valence-corrected chi connectivity index (χ4v) is 8.34. The van der Waals surface area contributed by atoms with E-state index in [0.29, 0.717) is 19.3 Å². The van der Waals surface area contributed by atoms with Gasteiger partial charge in [0.2, 0.25) is 0 Å². The molecule has 0 N–H and O–H groups in total. The summed E-state index contributed by atoms with van der Waals surface area (Å²) in [5.74, 6) is -0.942. The zero-order chi connectivity index (χ0) is 51.4. The van der Waals surface area contributed by atoms with Crippen LogP contribution < -0.4 is 0 Å². The van der Waals surface area contributed by atoms with Gasteiger partial charge in [-0.15, -0.1) is 0 Å². The minimum Gasteiger partial charge on any atom is -0.462 e. The number of carbonyl (C=O) groups is 3. The van der Waals surface area contributed by atoms with Crippen LogP contribution in [0.15, 0.2) is 85.1 Å². The molecule has 0 rings (SSSR count). The van der Waals surface area contributed by atoms with Crippen molar-refractivity contribution in [2.75, 3.05) is 13.2 Å². The highest BCUT2D eigenvalue weighted by Gasteiger charge is 2.19. The number of allylic oxidation sites excluding steroid dienone is 14. The topological polar surface area (TPSA) is 78.9 Å². The predicted octanol–water partition coefficient (Wildman–Crippen LogP) is 20.3. The second kappa shape index (κ2) is 59.2. The van der Waals surface area contributed by atoms with Crippen LogP contribution in [0.3, 0.4) is 0 Å². The van der Waals surface area contributed by atoms with Gasteiger partial charge in [0, 0.05) is 19.3 Å². The van der Waals surface area contributed by atoms with Gasteiger partial charge in [0.1, 0.15) is 13.2 Å². The minimum absolute atomic E-state index is 0.0964. The molecule has 1 atom stereocenters. The predicted molar refractivity (Wildman–Crippen MR) is 307 cm³/mol. The lowest BCUT2D eigenvalue weighted by Crippen LogP contribution is -2.30. The van der Waals surface area contributed by atoms with E-state index in [4.69, 9.17) is 14.2 Å². The molecule has 0 spiro atoms. The van der Waals surface area contributed by atoms with Gasteiger partial charge in [-0.05, 0) is 116 Å². The molecule has 6 nitrogen and oxygen atoms in total. The zero-order valence-electron chi connectivity index (χ0n) is 46.7. The highest BCUT2D eigenvalue weighted by molar-refractivity contribution is 5.71. The maximum Gasteiger partial charge on any atom is 0.306 e. The highest BCUT2D eigenvalue weighted by atomic mass is 16.6. The fraction of sp³-hybridized carbons (Fsp3) is 0.738. The van der Waals surface area contributed by atoms with Gasteiger partial charge in [-0.1, -0.05) is 241 Å². The molecule has 0 aromatic rings. The van der Waals surface area contributed by atoms with Crippen LogP contribution >= 0.6 is 0 Å². The Morgan fingerprint density at radius 2 is 0.549 bits per heavy atom. The van der Waals surface area contributed by atoms with Gasteiger partial charge < -0.3 is 14.2 Å². The molecule has 0 saturated carbocycles. The molecule has 0 fully saturated rings. The van der Waals surface area contributed by atoms with Crippen LogP contribution in [0.1, 0.15) is 290 Å². The number of hydrogen-bond acceptors (Lipinski definition) is 6. The summed E-state index contributed by atoms with van der Waals surface area (Å²) in [6, 6.07) is 0. The van der Waals surface area contributed by atoms with Gasteiger partial charge in [0.25, 0.3) is 0 Å². The first-order valence-electron chi connectivity index (χ1n) is 30.1. The van der Waals surface area contributed by atoms with Gasteiger partial charge in [0.15, 0.2) is 6.10 Å². The van der Waals surface area contributed by atoms with Gasteiger partial charge >= 0.3 is 17.9 Å². The molecule has 0 radical (unpaired) electrons. The summed E-state index contributed by atoms with van der Waals surface area (Å²) >= 11 is 0. The molecular formula is C65H112O6. The van der Waals surface area contributed by atoms with Crippen molar-refractivity contribution in [1.82, 2.24) is 0 Å². The Balaban J connectivity index is 4.38. The molecule has 71 heavy (non-hydrogen) atoms. The maximum absolute atomic E-state index is 12.8. The smallest absolute Gasteiger partial charge is 0.306 e. The Labute approximate surface area is 439 Å². The van der Waals surface area contributed by atoms with Gasteiger partial charge in [-0.3, -0.25) is 14.4 Å². The van der Waals surface area contributed by atoms with Crippen LogP contribution in [0.25, 0.3) is 0 Å². The second-order valence-electron chi connectivity index (χ2n) is 19.9. The molecule has 0 bridgehead atoms. The summed E-state index contributed by atoms with van der Waals surface area (Å²) in [5, 5.41) is 0. The third kappa shape index (κ3) is 57.4. The Morgan fingerprint density at radius 1 is 0.296 bits per heavy atom. The van der Waals surface area contributed by atoms with Crippen molar-refractivity contribution >= 4 is 17.9 Å². The first kappa shape index (κ1) is 67.6. The zero-order valence-corrected chi connectivity index (χ0v) is 46.7. The summed E-state index contributed by atoms with van der Waals surface area (Å²) in [6.07, 6.45) is 77.3. The third-order valence-electron chi connectivity index (χ3n) is 12.9. The van der Waals surface area contributed by atoms with E-state index in [1.807, 2.05) is 0 Å². The molecule has 0 aliphatic carbocycles. The van der Waals surface area contributed by atoms with E-state index in [1.165, 1.54) is 154 Å². The molecule has 0 aromatic carbocycles. The van der Waals surface area contributed by atoms with E-state index in [2.05, 4.69) is 106 Å². The molecule has 0 aliphatic rings. The Morgan fingerprint density at radius 3 is 0.901 bits per heavy atom. The number of ether oxygens (including phenoxy) is 3. The average molecular weight is 990 g/mol. The number of carbonyl (C=O) groups excluding carboxylic acids is 3. The summed E-state index contributed by atoms with van der Waals surface area (Å²) in [6.45, 7) is 6.49. The summed E-state index contributed by atoms with van der Waals surface area (Å²) in [5.41, 5.74) is 0. The van der Waals surface area contributed by atoms with Gasteiger partial charge in [-0.2, -0.15) is 0 Å². The largest absolute Gasteiger partial charge is 0.462 e. The quantitative estimate of drug-likeness (QED) is 0.0261. The molecule has 408 valence electrons. The third-order valence-corrected chi connectivity index (χ3v) is 12.9. The SMILES string of the molecule is CC/C=C\C/C=C\C/C=C\C/C=C\CCCCC(=O)OC(COC(=O)CCCCCCC/C=C\CCCCCCCC)COC(=O)CCCCCCCCCCCCC/C=C\C/C=C\CCCCCCC. The standard InChI is InChI=1S/C65H112O6/c1-4-7-10-13-16-19-22-25-28-29-30-31-32-33-34-35-38-40-43-46-49-52-55-58-64(67)70-61-62(71-65(68)59-56-53-50-47-44-41-37-27-24-21-18-15-12-9-6-3)60-69-63(66)57-54-51-48-45-42-39-36-26-23-20-17-14-11-8-5-2/h9,12,18,21-22,25-27,29-30,36-37,44,47,62H,4-8,10-11,13-17,19-20,23-24,28,31-35,38-43,45-46,48-61H2,1-3H3/b12-9-,21-18-,25-22-,30-29-,36-26-,37-27-,47-44-. The van der Waals surface area contributed by atoms with Gasteiger partial charge in [-0.25, -0.2) is 0 Å². The van der Waals surface area contributed by atoms with Crippen LogP contribution in [0.2, 0.25) is 0 Å². The summed E-state index contributed by atoms with van der Waals surface area (Å²) in [7, 11) is 0. The van der Waals surface area contributed by atoms with Crippen molar-refractivity contribution in [3.05, 3.63) is 85.1 Å². The lowest BCUT2D eigenvalue weighted by molar-refractivity contribution is -0.167. The van der Waals surface area contributed by atoms with Crippen molar-refractivity contribution < 1.29 is 28.6 Å². The Bertz CT molecular complexity index is 1370. The molecule has 0 aliphatic heterocycles. The van der Waals surface area contributed by atoms with Crippen molar-refractivity contribution in [2.45, 2.75) is 297 Å². The van der Waals surface area contributed by atoms with E-state index < -0.39 is 6.10 Å². The van der Waals surface area contributed by atoms with E-state index in [9.17, 15) is 14.4 Å².